The van der Waals surface area contributed by atoms with Crippen molar-refractivity contribution in [2.45, 2.75) is 12.8 Å². The Kier molecular flexibility index (Phi) is 11.8. The summed E-state index contributed by atoms with van der Waals surface area (Å²) in [5.41, 5.74) is 0.205. The van der Waals surface area contributed by atoms with Crippen molar-refractivity contribution in [3.63, 3.8) is 0 Å². The van der Waals surface area contributed by atoms with Gasteiger partial charge in [0, 0.05) is 12.2 Å². The summed E-state index contributed by atoms with van der Waals surface area (Å²) in [4.78, 5) is 10.4. The molecule has 0 aromatic rings. The average molecular weight is 262 g/mol. The van der Waals surface area contributed by atoms with Crippen LogP contribution in [0.15, 0.2) is 12.2 Å². The molecule has 0 fully saturated rings. The molecule has 0 unspecified atom stereocenters. The highest BCUT2D eigenvalue weighted by Crippen LogP contribution is 2.02. The van der Waals surface area contributed by atoms with Gasteiger partial charge in [-0.05, 0) is 12.8 Å². The van der Waals surface area contributed by atoms with E-state index in [-0.39, 0.29) is 12.2 Å². The molecule has 2 N–H and O–H groups in total. The Balaban J connectivity index is 3.07. The van der Waals surface area contributed by atoms with E-state index >= 15 is 0 Å². The van der Waals surface area contributed by atoms with Crippen molar-refractivity contribution in [2.75, 3.05) is 46.2 Å². The average Bonchev–Trinajstić information content (AvgIpc) is 2.35. The van der Waals surface area contributed by atoms with Crippen molar-refractivity contribution in [1.29, 1.82) is 0 Å². The number of aliphatic hydroxyl groups excluding tert-OH is 1. The number of carbonyl (C=O) groups is 1. The van der Waals surface area contributed by atoms with Crippen LogP contribution in [0, 0.1) is 0 Å². The van der Waals surface area contributed by atoms with Gasteiger partial charge < -0.3 is 24.4 Å². The third kappa shape index (κ3) is 11.5. The lowest BCUT2D eigenvalue weighted by Gasteiger charge is -2.06. The Bertz CT molecular complexity index is 229. The summed E-state index contributed by atoms with van der Waals surface area (Å²) in [5, 5.41) is 17.0. The van der Waals surface area contributed by atoms with Crippen LogP contribution in [0.3, 0.4) is 0 Å². The highest BCUT2D eigenvalue weighted by atomic mass is 16.5. The first-order valence-electron chi connectivity index (χ1n) is 5.93. The molecule has 6 nitrogen and oxygen atoms in total. The molecule has 0 saturated carbocycles. The normalized spacial score (nSPS) is 10.5. The highest BCUT2D eigenvalue weighted by Gasteiger charge is 2.02. The topological polar surface area (TPSA) is 85.2 Å². The standard InChI is InChI=1S/C12H22O6/c1-11(12(14)15)3-2-5-16-7-9-18-10-8-17-6-4-13/h13H,1-10H2,(H,14,15). The summed E-state index contributed by atoms with van der Waals surface area (Å²) in [5.74, 6) is -0.957. The van der Waals surface area contributed by atoms with Gasteiger partial charge >= 0.3 is 5.97 Å². The van der Waals surface area contributed by atoms with Crippen LogP contribution in [0.4, 0.5) is 0 Å². The largest absolute Gasteiger partial charge is 0.478 e. The first kappa shape index (κ1) is 17.1. The summed E-state index contributed by atoms with van der Waals surface area (Å²) in [6, 6.07) is 0. The lowest BCUT2D eigenvalue weighted by atomic mass is 10.2. The number of ether oxygens (including phenoxy) is 3. The van der Waals surface area contributed by atoms with Crippen LogP contribution >= 0.6 is 0 Å². The van der Waals surface area contributed by atoms with E-state index in [1.54, 1.807) is 0 Å². The van der Waals surface area contributed by atoms with Crippen molar-refractivity contribution >= 4 is 5.97 Å². The van der Waals surface area contributed by atoms with Gasteiger partial charge in [-0.15, -0.1) is 0 Å². The molecule has 0 amide bonds. The minimum Gasteiger partial charge on any atom is -0.478 e. The molecular formula is C12H22O6. The van der Waals surface area contributed by atoms with Crippen LogP contribution in [-0.4, -0.2) is 62.4 Å². The van der Waals surface area contributed by atoms with Gasteiger partial charge in [0.2, 0.25) is 0 Å². The molecule has 0 aliphatic heterocycles. The second-order valence-electron chi connectivity index (χ2n) is 3.57. The minimum atomic E-state index is -0.957. The van der Waals surface area contributed by atoms with Gasteiger partial charge in [-0.2, -0.15) is 0 Å². The van der Waals surface area contributed by atoms with Gasteiger partial charge in [0.15, 0.2) is 0 Å². The molecule has 0 aromatic carbocycles. The van der Waals surface area contributed by atoms with Gasteiger partial charge in [-0.3, -0.25) is 0 Å². The number of hydrogen-bond donors (Lipinski definition) is 2. The summed E-state index contributed by atoms with van der Waals surface area (Å²) in [7, 11) is 0. The van der Waals surface area contributed by atoms with Crippen LogP contribution in [0.1, 0.15) is 12.8 Å². The van der Waals surface area contributed by atoms with Crippen molar-refractivity contribution < 1.29 is 29.2 Å². The van der Waals surface area contributed by atoms with Gasteiger partial charge in [0.05, 0.1) is 39.6 Å². The van der Waals surface area contributed by atoms with E-state index in [1.165, 1.54) is 0 Å². The smallest absolute Gasteiger partial charge is 0.330 e. The Hall–Kier alpha value is -0.950. The lowest BCUT2D eigenvalue weighted by Crippen LogP contribution is -2.11. The molecule has 6 heteroatoms. The van der Waals surface area contributed by atoms with Crippen molar-refractivity contribution in [3.8, 4) is 0 Å². The molecule has 18 heavy (non-hydrogen) atoms. The number of hydrogen-bond acceptors (Lipinski definition) is 5. The van der Waals surface area contributed by atoms with Crippen molar-refractivity contribution in [2.24, 2.45) is 0 Å². The van der Waals surface area contributed by atoms with Gasteiger partial charge in [-0.25, -0.2) is 4.79 Å². The molecule has 0 aliphatic carbocycles. The van der Waals surface area contributed by atoms with Gasteiger partial charge in [-0.1, -0.05) is 6.58 Å². The maximum absolute atomic E-state index is 10.4. The van der Waals surface area contributed by atoms with E-state index in [0.29, 0.717) is 52.5 Å². The molecule has 0 atom stereocenters. The zero-order valence-electron chi connectivity index (χ0n) is 10.6. The Morgan fingerprint density at radius 1 is 0.944 bits per heavy atom. The number of aliphatic hydroxyl groups is 1. The first-order chi connectivity index (χ1) is 8.68. The maximum atomic E-state index is 10.4. The number of carboxylic acid groups (broad SMARTS) is 1. The minimum absolute atomic E-state index is 0.0186. The third-order valence-corrected chi connectivity index (χ3v) is 2.05. The SMILES string of the molecule is C=C(CCCOCCOCCOCCO)C(=O)O. The second-order valence-corrected chi connectivity index (χ2v) is 3.57. The van der Waals surface area contributed by atoms with E-state index < -0.39 is 5.97 Å². The Morgan fingerprint density at radius 2 is 1.44 bits per heavy atom. The summed E-state index contributed by atoms with van der Waals surface area (Å²) in [6.07, 6.45) is 1.08. The van der Waals surface area contributed by atoms with E-state index in [0.717, 1.165) is 0 Å². The van der Waals surface area contributed by atoms with Gasteiger partial charge in [0.1, 0.15) is 0 Å². The van der Waals surface area contributed by atoms with Crippen LogP contribution in [0.2, 0.25) is 0 Å². The molecular weight excluding hydrogens is 240 g/mol. The third-order valence-electron chi connectivity index (χ3n) is 2.05. The molecule has 0 heterocycles. The van der Waals surface area contributed by atoms with Crippen LogP contribution in [-0.2, 0) is 19.0 Å². The van der Waals surface area contributed by atoms with Crippen LogP contribution in [0.5, 0.6) is 0 Å². The van der Waals surface area contributed by atoms with E-state index in [2.05, 4.69) is 6.58 Å². The molecule has 106 valence electrons. The predicted molar refractivity (Wildman–Crippen MR) is 65.6 cm³/mol. The summed E-state index contributed by atoms with van der Waals surface area (Å²) in [6.45, 7) is 6.14. The molecule has 0 rings (SSSR count). The number of carboxylic acids is 1. The molecule has 0 bridgehead atoms. The Morgan fingerprint density at radius 3 is 1.94 bits per heavy atom. The fraction of sp³-hybridized carbons (Fsp3) is 0.750. The zero-order valence-corrected chi connectivity index (χ0v) is 10.6. The van der Waals surface area contributed by atoms with E-state index in [1.807, 2.05) is 0 Å². The second kappa shape index (κ2) is 12.5. The maximum Gasteiger partial charge on any atom is 0.330 e. The van der Waals surface area contributed by atoms with Crippen molar-refractivity contribution in [3.05, 3.63) is 12.2 Å². The molecule has 0 radical (unpaired) electrons. The predicted octanol–water partition coefficient (Wildman–Crippen LogP) is 0.450. The quantitative estimate of drug-likeness (QED) is 0.370. The molecule has 0 saturated heterocycles. The molecule has 0 aromatic heterocycles. The highest BCUT2D eigenvalue weighted by molar-refractivity contribution is 5.85. The molecule has 0 spiro atoms. The summed E-state index contributed by atoms with van der Waals surface area (Å²) < 4.78 is 15.4. The fourth-order valence-electron chi connectivity index (χ4n) is 1.10. The van der Waals surface area contributed by atoms with E-state index in [9.17, 15) is 4.79 Å². The summed E-state index contributed by atoms with van der Waals surface area (Å²) >= 11 is 0. The number of rotatable bonds is 13. The van der Waals surface area contributed by atoms with E-state index in [4.69, 9.17) is 24.4 Å². The number of aliphatic carboxylic acids is 1. The van der Waals surface area contributed by atoms with Crippen LogP contribution < -0.4 is 0 Å². The molecule has 0 aliphatic rings. The van der Waals surface area contributed by atoms with Crippen molar-refractivity contribution in [1.82, 2.24) is 0 Å². The van der Waals surface area contributed by atoms with Gasteiger partial charge in [0.25, 0.3) is 0 Å². The van der Waals surface area contributed by atoms with Crippen LogP contribution in [0.25, 0.3) is 0 Å². The monoisotopic (exact) mass is 262 g/mol. The Labute approximate surface area is 107 Å². The lowest BCUT2D eigenvalue weighted by molar-refractivity contribution is -0.132. The fourth-order valence-corrected chi connectivity index (χ4v) is 1.10. The first-order valence-corrected chi connectivity index (χ1v) is 5.93. The zero-order chi connectivity index (χ0) is 13.6.